The molecular formula is C11H23NO. The average Bonchev–Trinajstić information content (AvgIpc) is 2.48. The molecule has 2 unspecified atom stereocenters. The highest BCUT2D eigenvalue weighted by atomic mass is 16.3. The normalized spacial score (nSPS) is 29.5. The lowest BCUT2D eigenvalue weighted by atomic mass is 9.94. The maximum Gasteiger partial charge on any atom is 0.0494 e. The van der Waals surface area contributed by atoms with Crippen LogP contribution in [0.1, 0.15) is 40.0 Å². The summed E-state index contributed by atoms with van der Waals surface area (Å²) in [7, 11) is 0. The van der Waals surface area contributed by atoms with E-state index in [1.807, 2.05) is 0 Å². The predicted octanol–water partition coefficient (Wildman–Crippen LogP) is 1.78. The van der Waals surface area contributed by atoms with Gasteiger partial charge in [-0.1, -0.05) is 27.2 Å². The van der Waals surface area contributed by atoms with Crippen molar-refractivity contribution in [2.75, 3.05) is 13.2 Å². The van der Waals surface area contributed by atoms with Crippen molar-refractivity contribution in [1.82, 2.24) is 5.32 Å². The first kappa shape index (κ1) is 11.0. The highest BCUT2D eigenvalue weighted by Gasteiger charge is 2.25. The van der Waals surface area contributed by atoms with E-state index < -0.39 is 0 Å². The first-order chi connectivity index (χ1) is 6.05. The monoisotopic (exact) mass is 185 g/mol. The van der Waals surface area contributed by atoms with Gasteiger partial charge >= 0.3 is 0 Å². The lowest BCUT2D eigenvalue weighted by Crippen LogP contribution is -2.39. The second-order valence-corrected chi connectivity index (χ2v) is 5.22. The summed E-state index contributed by atoms with van der Waals surface area (Å²) in [5.74, 6) is 0.814. The molecular weight excluding hydrogens is 162 g/mol. The van der Waals surface area contributed by atoms with E-state index in [4.69, 9.17) is 5.11 Å². The van der Waals surface area contributed by atoms with Crippen molar-refractivity contribution >= 4 is 0 Å². The van der Waals surface area contributed by atoms with Gasteiger partial charge < -0.3 is 10.4 Å². The Balaban J connectivity index is 2.25. The summed E-state index contributed by atoms with van der Waals surface area (Å²) in [6.07, 6.45) is 4.03. The first-order valence-corrected chi connectivity index (χ1v) is 5.39. The average molecular weight is 185 g/mol. The largest absolute Gasteiger partial charge is 0.396 e. The molecule has 0 aromatic rings. The van der Waals surface area contributed by atoms with Gasteiger partial charge in [-0.15, -0.1) is 0 Å². The molecule has 1 aliphatic carbocycles. The summed E-state index contributed by atoms with van der Waals surface area (Å²) >= 11 is 0. The van der Waals surface area contributed by atoms with E-state index in [9.17, 15) is 0 Å². The molecule has 1 saturated carbocycles. The quantitative estimate of drug-likeness (QED) is 0.700. The fourth-order valence-electron chi connectivity index (χ4n) is 1.91. The number of hydrogen-bond donors (Lipinski definition) is 2. The fourth-order valence-corrected chi connectivity index (χ4v) is 1.91. The third kappa shape index (κ3) is 3.28. The highest BCUT2D eigenvalue weighted by Crippen LogP contribution is 2.25. The van der Waals surface area contributed by atoms with Crippen molar-refractivity contribution in [1.29, 1.82) is 0 Å². The Morgan fingerprint density at radius 3 is 2.54 bits per heavy atom. The Bertz CT molecular complexity index is 156. The van der Waals surface area contributed by atoms with E-state index in [0.29, 0.717) is 6.04 Å². The van der Waals surface area contributed by atoms with Crippen LogP contribution >= 0.6 is 0 Å². The molecule has 0 bridgehead atoms. The van der Waals surface area contributed by atoms with E-state index >= 15 is 0 Å². The van der Waals surface area contributed by atoms with Crippen LogP contribution in [0.4, 0.5) is 0 Å². The zero-order valence-electron chi connectivity index (χ0n) is 9.14. The molecule has 2 heteroatoms. The predicted molar refractivity (Wildman–Crippen MR) is 55.7 cm³/mol. The van der Waals surface area contributed by atoms with E-state index in [1.165, 1.54) is 19.3 Å². The molecule has 1 aliphatic rings. The molecule has 2 N–H and O–H groups in total. The lowest BCUT2D eigenvalue weighted by Gasteiger charge is -2.26. The van der Waals surface area contributed by atoms with Crippen LogP contribution in [-0.2, 0) is 0 Å². The molecule has 13 heavy (non-hydrogen) atoms. The first-order valence-electron chi connectivity index (χ1n) is 5.39. The third-order valence-corrected chi connectivity index (χ3v) is 3.13. The van der Waals surface area contributed by atoms with Gasteiger partial charge in [0.25, 0.3) is 0 Å². The fraction of sp³-hybridized carbons (Fsp3) is 1.00. The van der Waals surface area contributed by atoms with Crippen molar-refractivity contribution in [2.45, 2.75) is 46.1 Å². The van der Waals surface area contributed by atoms with Crippen LogP contribution in [-0.4, -0.2) is 24.3 Å². The van der Waals surface area contributed by atoms with Gasteiger partial charge in [0.2, 0.25) is 0 Å². The van der Waals surface area contributed by atoms with E-state index in [0.717, 1.165) is 12.5 Å². The van der Waals surface area contributed by atoms with Gasteiger partial charge in [-0.2, -0.15) is 0 Å². The molecule has 0 saturated heterocycles. The number of aliphatic hydroxyl groups excluding tert-OH is 1. The summed E-state index contributed by atoms with van der Waals surface area (Å²) in [5.41, 5.74) is 0.0301. The van der Waals surface area contributed by atoms with Gasteiger partial charge in [-0.05, 0) is 18.8 Å². The van der Waals surface area contributed by atoms with Crippen LogP contribution < -0.4 is 5.32 Å². The van der Waals surface area contributed by atoms with E-state index in [2.05, 4.69) is 26.1 Å². The number of nitrogens with one attached hydrogen (secondary N) is 1. The second-order valence-electron chi connectivity index (χ2n) is 5.22. The molecule has 0 radical (unpaired) electrons. The van der Waals surface area contributed by atoms with E-state index in [-0.39, 0.29) is 12.0 Å². The van der Waals surface area contributed by atoms with Gasteiger partial charge in [0.05, 0.1) is 0 Å². The third-order valence-electron chi connectivity index (χ3n) is 3.13. The SMILES string of the molecule is CC1CCCC1NCC(C)(C)CO. The molecule has 78 valence electrons. The molecule has 0 amide bonds. The van der Waals surface area contributed by atoms with Crippen molar-refractivity contribution < 1.29 is 5.11 Å². The molecule has 0 heterocycles. The summed E-state index contributed by atoms with van der Waals surface area (Å²) in [5, 5.41) is 12.7. The van der Waals surface area contributed by atoms with Crippen LogP contribution in [0.2, 0.25) is 0 Å². The zero-order chi connectivity index (χ0) is 9.90. The number of rotatable bonds is 4. The zero-order valence-corrected chi connectivity index (χ0v) is 9.14. The smallest absolute Gasteiger partial charge is 0.0494 e. The second kappa shape index (κ2) is 4.43. The van der Waals surface area contributed by atoms with Gasteiger partial charge in [-0.25, -0.2) is 0 Å². The summed E-state index contributed by atoms with van der Waals surface area (Å²) < 4.78 is 0. The number of hydrogen-bond acceptors (Lipinski definition) is 2. The minimum atomic E-state index is 0.0301. The Kier molecular flexibility index (Phi) is 3.74. The molecule has 2 nitrogen and oxygen atoms in total. The van der Waals surface area contributed by atoms with Gasteiger partial charge in [-0.3, -0.25) is 0 Å². The van der Waals surface area contributed by atoms with Gasteiger partial charge in [0.1, 0.15) is 0 Å². The molecule has 0 aromatic heterocycles. The maximum absolute atomic E-state index is 9.09. The topological polar surface area (TPSA) is 32.3 Å². The minimum Gasteiger partial charge on any atom is -0.396 e. The molecule has 2 atom stereocenters. The van der Waals surface area contributed by atoms with Crippen molar-refractivity contribution in [3.63, 3.8) is 0 Å². The van der Waals surface area contributed by atoms with E-state index in [1.54, 1.807) is 0 Å². The van der Waals surface area contributed by atoms with Crippen molar-refractivity contribution in [2.24, 2.45) is 11.3 Å². The lowest BCUT2D eigenvalue weighted by molar-refractivity contribution is 0.151. The number of aliphatic hydroxyl groups is 1. The maximum atomic E-state index is 9.09. The van der Waals surface area contributed by atoms with Gasteiger partial charge in [0.15, 0.2) is 0 Å². The van der Waals surface area contributed by atoms with Crippen LogP contribution in [0.3, 0.4) is 0 Å². The molecule has 1 rings (SSSR count). The molecule has 0 spiro atoms. The van der Waals surface area contributed by atoms with Crippen LogP contribution in [0, 0.1) is 11.3 Å². The van der Waals surface area contributed by atoms with Crippen LogP contribution in [0.25, 0.3) is 0 Å². The standard InChI is InChI=1S/C11H23NO/c1-9-5-4-6-10(9)12-7-11(2,3)8-13/h9-10,12-13H,4-8H2,1-3H3. The highest BCUT2D eigenvalue weighted by molar-refractivity contribution is 4.82. The van der Waals surface area contributed by atoms with Gasteiger partial charge in [0, 0.05) is 24.6 Å². The summed E-state index contributed by atoms with van der Waals surface area (Å²) in [6, 6.07) is 0.686. The van der Waals surface area contributed by atoms with Crippen LogP contribution in [0.5, 0.6) is 0 Å². The summed E-state index contributed by atoms with van der Waals surface area (Å²) in [6.45, 7) is 7.70. The Hall–Kier alpha value is -0.0800. The van der Waals surface area contributed by atoms with Crippen molar-refractivity contribution in [3.8, 4) is 0 Å². The molecule has 0 aromatic carbocycles. The van der Waals surface area contributed by atoms with Crippen LogP contribution in [0.15, 0.2) is 0 Å². The Morgan fingerprint density at radius 2 is 2.08 bits per heavy atom. The molecule has 1 fully saturated rings. The molecule has 0 aliphatic heterocycles. The summed E-state index contributed by atoms with van der Waals surface area (Å²) in [4.78, 5) is 0. The van der Waals surface area contributed by atoms with Crippen molar-refractivity contribution in [3.05, 3.63) is 0 Å². The minimum absolute atomic E-state index is 0.0301. The Morgan fingerprint density at radius 1 is 1.38 bits per heavy atom. The Labute approximate surface area is 81.7 Å².